The van der Waals surface area contributed by atoms with Crippen molar-refractivity contribution in [2.45, 2.75) is 25.2 Å². The highest BCUT2D eigenvalue weighted by Gasteiger charge is 2.30. The number of benzene rings is 2. The van der Waals surface area contributed by atoms with Crippen molar-refractivity contribution in [3.8, 4) is 6.01 Å². The quantitative estimate of drug-likeness (QED) is 0.574. The van der Waals surface area contributed by atoms with Crippen LogP contribution in [0.15, 0.2) is 54.6 Å². The zero-order valence-electron chi connectivity index (χ0n) is 19.8. The van der Waals surface area contributed by atoms with Gasteiger partial charge >= 0.3 is 6.01 Å². The highest BCUT2D eigenvalue weighted by atomic mass is 16.5. The zero-order chi connectivity index (χ0) is 24.4. The van der Waals surface area contributed by atoms with Crippen molar-refractivity contribution in [1.82, 2.24) is 14.9 Å². The molecule has 2 aromatic carbocycles. The van der Waals surface area contributed by atoms with E-state index in [1.165, 1.54) is 28.0 Å². The van der Waals surface area contributed by atoms with Crippen LogP contribution in [0.25, 0.3) is 10.8 Å². The summed E-state index contributed by atoms with van der Waals surface area (Å²) in [5, 5.41) is 2.56. The second-order valence-corrected chi connectivity index (χ2v) is 9.02. The summed E-state index contributed by atoms with van der Waals surface area (Å²) < 4.78 is 5.47. The Balaban J connectivity index is 1.38. The first-order valence-corrected chi connectivity index (χ1v) is 12.0. The van der Waals surface area contributed by atoms with Crippen LogP contribution in [0.5, 0.6) is 6.01 Å². The predicted octanol–water partition coefficient (Wildman–Crippen LogP) is 2.60. The van der Waals surface area contributed by atoms with Crippen molar-refractivity contribution in [1.29, 1.82) is 0 Å². The van der Waals surface area contributed by atoms with E-state index >= 15 is 0 Å². The standard InChI is InChI=1S/C27H29N5O3/c1-35-27-29-23-17-19(21-8-4-6-18-5-2-3-7-20(18)21)9-10-22(23)26(30-27)32-15-13-31(14-16-32)25(34)12-11-24(28)33/h2-8,11-12,19H,9-10,13-17H2,1H3,(H2,28,33)/b12-11+. The maximum atomic E-state index is 12.3. The average Bonchev–Trinajstić information content (AvgIpc) is 2.90. The number of hydrogen-bond donors (Lipinski definition) is 1. The topological polar surface area (TPSA) is 102 Å². The molecule has 2 heterocycles. The molecule has 0 saturated carbocycles. The van der Waals surface area contributed by atoms with Gasteiger partial charge in [-0.25, -0.2) is 0 Å². The van der Waals surface area contributed by atoms with Crippen LogP contribution in [-0.4, -0.2) is 60.0 Å². The Morgan fingerprint density at radius 1 is 1.03 bits per heavy atom. The summed E-state index contributed by atoms with van der Waals surface area (Å²) in [6.07, 6.45) is 5.10. The Hall–Kier alpha value is -3.94. The molecule has 1 saturated heterocycles. The fraction of sp³-hybridized carbons (Fsp3) is 0.333. The maximum Gasteiger partial charge on any atom is 0.318 e. The Labute approximate surface area is 204 Å². The number of rotatable bonds is 5. The SMILES string of the molecule is COc1nc2c(c(N3CCN(C(=O)/C=C/C(N)=O)CC3)n1)CCC(c1cccc3ccccc13)C2. The van der Waals surface area contributed by atoms with Crippen LogP contribution in [0.3, 0.4) is 0 Å². The van der Waals surface area contributed by atoms with Crippen molar-refractivity contribution in [3.05, 3.63) is 71.4 Å². The van der Waals surface area contributed by atoms with Crippen LogP contribution in [-0.2, 0) is 22.4 Å². The summed E-state index contributed by atoms with van der Waals surface area (Å²) in [5.41, 5.74) is 8.69. The molecular weight excluding hydrogens is 442 g/mol. The summed E-state index contributed by atoms with van der Waals surface area (Å²) in [6.45, 7) is 2.38. The van der Waals surface area contributed by atoms with Gasteiger partial charge < -0.3 is 20.3 Å². The molecule has 35 heavy (non-hydrogen) atoms. The van der Waals surface area contributed by atoms with Gasteiger partial charge in [0.2, 0.25) is 11.8 Å². The molecule has 1 aliphatic heterocycles. The van der Waals surface area contributed by atoms with Gasteiger partial charge in [-0.2, -0.15) is 9.97 Å². The molecule has 0 bridgehead atoms. The van der Waals surface area contributed by atoms with Crippen molar-refractivity contribution in [3.63, 3.8) is 0 Å². The van der Waals surface area contributed by atoms with E-state index in [0.717, 1.165) is 36.9 Å². The molecule has 2 aliphatic rings. The molecular formula is C27H29N5O3. The Morgan fingerprint density at radius 2 is 1.80 bits per heavy atom. The van der Waals surface area contributed by atoms with E-state index in [2.05, 4.69) is 47.4 Å². The number of aromatic nitrogens is 2. The Bertz CT molecular complexity index is 1290. The third-order valence-corrected chi connectivity index (χ3v) is 6.96. The minimum atomic E-state index is -0.626. The van der Waals surface area contributed by atoms with E-state index in [4.69, 9.17) is 20.4 Å². The van der Waals surface area contributed by atoms with E-state index in [0.29, 0.717) is 38.1 Å². The van der Waals surface area contributed by atoms with Crippen molar-refractivity contribution in [2.75, 3.05) is 38.2 Å². The Kier molecular flexibility index (Phi) is 6.35. The highest BCUT2D eigenvalue weighted by molar-refractivity contribution is 5.96. The number of hydrogen-bond acceptors (Lipinski definition) is 6. The van der Waals surface area contributed by atoms with E-state index in [1.54, 1.807) is 12.0 Å². The number of primary amides is 1. The number of nitrogens with zero attached hydrogens (tertiary/aromatic N) is 4. The van der Waals surface area contributed by atoms with Gasteiger partial charge in [0.25, 0.3) is 0 Å². The van der Waals surface area contributed by atoms with Crippen molar-refractivity contribution >= 4 is 28.4 Å². The second kappa shape index (κ2) is 9.74. The number of nitrogens with two attached hydrogens (primary N) is 1. The molecule has 180 valence electrons. The summed E-state index contributed by atoms with van der Waals surface area (Å²) in [7, 11) is 1.60. The summed E-state index contributed by atoms with van der Waals surface area (Å²) in [5.74, 6) is 0.456. The molecule has 0 radical (unpaired) electrons. The second-order valence-electron chi connectivity index (χ2n) is 9.02. The lowest BCUT2D eigenvalue weighted by molar-refractivity contribution is -0.126. The van der Waals surface area contributed by atoms with Gasteiger partial charge in [0.05, 0.1) is 12.8 Å². The number of methoxy groups -OCH3 is 1. The monoisotopic (exact) mass is 471 g/mol. The number of fused-ring (bicyclic) bond motifs is 2. The minimum absolute atomic E-state index is 0.205. The zero-order valence-corrected chi connectivity index (χ0v) is 19.8. The number of carbonyl (C=O) groups excluding carboxylic acids is 2. The van der Waals surface area contributed by atoms with E-state index in [1.807, 2.05) is 0 Å². The molecule has 5 rings (SSSR count). The molecule has 2 amide bonds. The number of anilines is 1. The first-order chi connectivity index (χ1) is 17.0. The highest BCUT2D eigenvalue weighted by Crippen LogP contribution is 2.39. The number of ether oxygens (including phenoxy) is 1. The van der Waals surface area contributed by atoms with Gasteiger partial charge in [0, 0.05) is 43.9 Å². The molecule has 1 unspecified atom stereocenters. The van der Waals surface area contributed by atoms with Crippen molar-refractivity contribution in [2.24, 2.45) is 5.73 Å². The first-order valence-electron chi connectivity index (χ1n) is 12.0. The van der Waals surface area contributed by atoms with Gasteiger partial charge in [0.15, 0.2) is 0 Å². The minimum Gasteiger partial charge on any atom is -0.467 e. The van der Waals surface area contributed by atoms with Gasteiger partial charge in [0.1, 0.15) is 5.82 Å². The fourth-order valence-corrected chi connectivity index (χ4v) is 5.20. The van der Waals surface area contributed by atoms with E-state index in [-0.39, 0.29) is 5.91 Å². The molecule has 2 N–H and O–H groups in total. The van der Waals surface area contributed by atoms with Crippen LogP contribution >= 0.6 is 0 Å². The molecule has 8 heteroatoms. The molecule has 1 aliphatic carbocycles. The smallest absolute Gasteiger partial charge is 0.318 e. The van der Waals surface area contributed by atoms with Crippen LogP contribution in [0.1, 0.15) is 29.2 Å². The molecule has 1 fully saturated rings. The summed E-state index contributed by atoms with van der Waals surface area (Å²) in [4.78, 5) is 36.6. The normalized spacial score (nSPS) is 18.0. The van der Waals surface area contributed by atoms with E-state index < -0.39 is 5.91 Å². The van der Waals surface area contributed by atoms with Gasteiger partial charge in [-0.1, -0.05) is 42.5 Å². The van der Waals surface area contributed by atoms with Crippen LogP contribution < -0.4 is 15.4 Å². The maximum absolute atomic E-state index is 12.3. The largest absolute Gasteiger partial charge is 0.467 e. The van der Waals surface area contributed by atoms with Crippen LogP contribution in [0, 0.1) is 0 Å². The number of piperazine rings is 1. The van der Waals surface area contributed by atoms with Crippen LogP contribution in [0.2, 0.25) is 0 Å². The van der Waals surface area contributed by atoms with Gasteiger partial charge in [-0.05, 0) is 41.5 Å². The third kappa shape index (κ3) is 4.69. The van der Waals surface area contributed by atoms with Crippen molar-refractivity contribution < 1.29 is 14.3 Å². The average molecular weight is 472 g/mol. The molecule has 8 nitrogen and oxygen atoms in total. The lowest BCUT2D eigenvalue weighted by atomic mass is 9.80. The lowest BCUT2D eigenvalue weighted by Crippen LogP contribution is -2.49. The number of amides is 2. The third-order valence-electron chi connectivity index (χ3n) is 6.96. The molecule has 1 aromatic heterocycles. The first kappa shape index (κ1) is 22.8. The fourth-order valence-electron chi connectivity index (χ4n) is 5.20. The summed E-state index contributed by atoms with van der Waals surface area (Å²) >= 11 is 0. The lowest BCUT2D eigenvalue weighted by Gasteiger charge is -2.37. The summed E-state index contributed by atoms with van der Waals surface area (Å²) in [6, 6.07) is 15.4. The van der Waals surface area contributed by atoms with Gasteiger partial charge in [-0.3, -0.25) is 9.59 Å². The molecule has 3 aromatic rings. The molecule has 1 atom stereocenters. The number of carbonyl (C=O) groups is 2. The molecule has 0 spiro atoms. The van der Waals surface area contributed by atoms with E-state index in [9.17, 15) is 9.59 Å². The predicted molar refractivity (Wildman–Crippen MR) is 134 cm³/mol. The van der Waals surface area contributed by atoms with Crippen LogP contribution in [0.4, 0.5) is 5.82 Å². The van der Waals surface area contributed by atoms with Gasteiger partial charge in [-0.15, -0.1) is 0 Å². The Morgan fingerprint density at radius 3 is 2.57 bits per heavy atom.